The molecule has 6 aromatic rings. The maximum atomic E-state index is 15.0. The highest BCUT2D eigenvalue weighted by Crippen LogP contribution is 2.42. The van der Waals surface area contributed by atoms with Gasteiger partial charge in [-0.15, -0.1) is 0 Å². The number of rotatable bonds is 19. The number of nitrogens with one attached hydrogen (secondary N) is 3. The number of hydrogen-bond acceptors (Lipinski definition) is 9. The van der Waals surface area contributed by atoms with Gasteiger partial charge in [-0.3, -0.25) is 15.0 Å². The van der Waals surface area contributed by atoms with Crippen LogP contribution in [-0.2, 0) is 37.7 Å². The van der Waals surface area contributed by atoms with Gasteiger partial charge in [0.25, 0.3) is 5.91 Å². The molecule has 4 atom stereocenters. The average Bonchev–Trinajstić information content (AvgIpc) is 3.71. The molecule has 0 fully saturated rings. The van der Waals surface area contributed by atoms with E-state index in [4.69, 9.17) is 24.7 Å². The highest BCUT2D eigenvalue weighted by molar-refractivity contribution is 5.86. The lowest BCUT2D eigenvalue weighted by atomic mass is 9.73. The summed E-state index contributed by atoms with van der Waals surface area (Å²) in [6, 6.07) is 44.2. The van der Waals surface area contributed by atoms with Crippen LogP contribution in [0.25, 0.3) is 11.1 Å². The second kappa shape index (κ2) is 20.3. The van der Waals surface area contributed by atoms with E-state index in [-0.39, 0.29) is 19.6 Å². The minimum atomic E-state index is -1.86. The molecule has 0 bridgehead atoms. The summed E-state index contributed by atoms with van der Waals surface area (Å²) in [5.41, 5.74) is 19.9. The Kier molecular flexibility index (Phi) is 14.2. The summed E-state index contributed by atoms with van der Waals surface area (Å²) < 4.78 is 23.3. The Morgan fingerprint density at radius 3 is 2.14 bits per heavy atom. The quantitative estimate of drug-likeness (QED) is 0.0471. The standard InChI is InChI=1S/C52H54N4O7/c1-5-39(52(53,45-28-27-41(60-3)31-47(45)61-4)51(59)63-32-38-18-14-22-43-42-21-13-12-17-37(42)29-44(38)43)30-46(55-56-48(57)33-62-40-19-10-7-11-20-40)50(58)54-49(35-15-8-6-9-16-35)36-25-23-34(2)24-26-36/h6-28,31,39,46,49,55H,5,29-30,32-33,53H2,1-4H3,(H,54,58)(H,56,57)/t39?,46-,49?,52?/m0/s1. The number of methoxy groups -OCH3 is 2. The number of carbonyl (C=O) groups is 3. The van der Waals surface area contributed by atoms with Crippen molar-refractivity contribution in [2.75, 3.05) is 20.8 Å². The summed E-state index contributed by atoms with van der Waals surface area (Å²) in [6.45, 7) is 3.56. The van der Waals surface area contributed by atoms with Crippen LogP contribution < -0.4 is 36.1 Å². The Morgan fingerprint density at radius 2 is 1.43 bits per heavy atom. The summed E-state index contributed by atoms with van der Waals surface area (Å²) in [7, 11) is 3.03. The number of carbonyl (C=O) groups excluding carboxylic acids is 3. The van der Waals surface area contributed by atoms with E-state index in [9.17, 15) is 14.4 Å². The number of para-hydroxylation sites is 1. The van der Waals surface area contributed by atoms with Crippen molar-refractivity contribution in [3.8, 4) is 28.4 Å². The summed E-state index contributed by atoms with van der Waals surface area (Å²) in [6.07, 6.45) is 1.02. The van der Waals surface area contributed by atoms with Crippen molar-refractivity contribution in [2.45, 2.75) is 57.3 Å². The number of amides is 2. The van der Waals surface area contributed by atoms with Crippen molar-refractivity contribution in [3.05, 3.63) is 185 Å². The summed E-state index contributed by atoms with van der Waals surface area (Å²) in [4.78, 5) is 43.0. The van der Waals surface area contributed by atoms with Gasteiger partial charge in [0.2, 0.25) is 5.91 Å². The van der Waals surface area contributed by atoms with Crippen LogP contribution in [0.3, 0.4) is 0 Å². The number of hydrazine groups is 1. The Bertz CT molecular complexity index is 2510. The molecule has 5 N–H and O–H groups in total. The van der Waals surface area contributed by atoms with Gasteiger partial charge in [-0.1, -0.05) is 134 Å². The van der Waals surface area contributed by atoms with Crippen LogP contribution in [0.4, 0.5) is 0 Å². The van der Waals surface area contributed by atoms with Gasteiger partial charge in [-0.05, 0) is 88.9 Å². The van der Waals surface area contributed by atoms with Crippen LogP contribution in [0.2, 0.25) is 0 Å². The molecule has 3 unspecified atom stereocenters. The maximum Gasteiger partial charge on any atom is 0.331 e. The van der Waals surface area contributed by atoms with Gasteiger partial charge in [0, 0.05) is 11.6 Å². The minimum absolute atomic E-state index is 0.0195. The van der Waals surface area contributed by atoms with E-state index in [0.717, 1.165) is 38.9 Å². The molecule has 11 heteroatoms. The molecule has 1 aliphatic carbocycles. The van der Waals surface area contributed by atoms with Crippen LogP contribution >= 0.6 is 0 Å². The molecular formula is C52H54N4O7. The topological polar surface area (TPSA) is 150 Å². The Morgan fingerprint density at radius 1 is 0.746 bits per heavy atom. The van der Waals surface area contributed by atoms with Crippen LogP contribution in [-0.4, -0.2) is 44.7 Å². The number of aryl methyl sites for hydroxylation is 1. The molecule has 0 radical (unpaired) electrons. The number of esters is 1. The van der Waals surface area contributed by atoms with Gasteiger partial charge in [0.05, 0.1) is 20.3 Å². The van der Waals surface area contributed by atoms with E-state index in [1.54, 1.807) is 42.5 Å². The van der Waals surface area contributed by atoms with Gasteiger partial charge < -0.3 is 30.0 Å². The number of fused-ring (bicyclic) bond motifs is 3. The first-order valence-corrected chi connectivity index (χ1v) is 21.1. The largest absolute Gasteiger partial charge is 0.497 e. The highest BCUT2D eigenvalue weighted by atomic mass is 16.5. The summed E-state index contributed by atoms with van der Waals surface area (Å²) >= 11 is 0. The molecule has 63 heavy (non-hydrogen) atoms. The Hall–Kier alpha value is -6.95. The molecule has 2 amide bonds. The van der Waals surface area contributed by atoms with Crippen molar-refractivity contribution < 1.29 is 33.3 Å². The first kappa shape index (κ1) is 44.1. The highest BCUT2D eigenvalue weighted by Gasteiger charge is 2.48. The lowest BCUT2D eigenvalue weighted by molar-refractivity contribution is -0.155. The Labute approximate surface area is 368 Å². The zero-order chi connectivity index (χ0) is 44.3. The summed E-state index contributed by atoms with van der Waals surface area (Å²) in [5.74, 6) is -1.09. The van der Waals surface area contributed by atoms with Gasteiger partial charge in [0.1, 0.15) is 35.4 Å². The fourth-order valence-electron chi connectivity index (χ4n) is 8.32. The van der Waals surface area contributed by atoms with Crippen molar-refractivity contribution in [1.82, 2.24) is 16.2 Å². The van der Waals surface area contributed by atoms with Crippen LogP contribution in [0.1, 0.15) is 64.8 Å². The molecule has 0 aromatic heterocycles. The Balaban J connectivity index is 1.22. The van der Waals surface area contributed by atoms with Crippen LogP contribution in [0, 0.1) is 12.8 Å². The fraction of sp³-hybridized carbons (Fsp3) is 0.250. The molecular weight excluding hydrogens is 793 g/mol. The molecule has 7 rings (SSSR count). The van der Waals surface area contributed by atoms with E-state index in [0.29, 0.717) is 35.7 Å². The van der Waals surface area contributed by atoms with Gasteiger partial charge in [0.15, 0.2) is 6.61 Å². The van der Waals surface area contributed by atoms with Gasteiger partial charge in [-0.25, -0.2) is 10.2 Å². The smallest absolute Gasteiger partial charge is 0.331 e. The first-order chi connectivity index (χ1) is 30.6. The van der Waals surface area contributed by atoms with Crippen molar-refractivity contribution in [3.63, 3.8) is 0 Å². The van der Waals surface area contributed by atoms with Crippen molar-refractivity contribution >= 4 is 17.8 Å². The van der Waals surface area contributed by atoms with Gasteiger partial charge >= 0.3 is 5.97 Å². The van der Waals surface area contributed by atoms with E-state index in [1.807, 2.05) is 98.8 Å². The zero-order valence-electron chi connectivity index (χ0n) is 36.1. The second-order valence-electron chi connectivity index (χ2n) is 15.7. The summed E-state index contributed by atoms with van der Waals surface area (Å²) in [5, 5.41) is 3.23. The number of hydrogen-bond donors (Lipinski definition) is 4. The third kappa shape index (κ3) is 10.1. The van der Waals surface area contributed by atoms with Gasteiger partial charge in [-0.2, -0.15) is 0 Å². The van der Waals surface area contributed by atoms with E-state index >= 15 is 0 Å². The number of nitrogens with two attached hydrogens (primary N) is 1. The molecule has 0 aliphatic heterocycles. The molecule has 0 saturated carbocycles. The molecule has 1 aliphatic rings. The lowest BCUT2D eigenvalue weighted by Gasteiger charge is -2.38. The van der Waals surface area contributed by atoms with E-state index in [2.05, 4.69) is 34.4 Å². The zero-order valence-corrected chi connectivity index (χ0v) is 36.1. The number of ether oxygens (including phenoxy) is 4. The van der Waals surface area contributed by atoms with Crippen LogP contribution in [0.5, 0.6) is 17.2 Å². The number of benzene rings is 6. The average molecular weight is 847 g/mol. The normalized spacial score (nSPS) is 13.9. The van der Waals surface area contributed by atoms with Crippen molar-refractivity contribution in [1.29, 1.82) is 0 Å². The second-order valence-corrected chi connectivity index (χ2v) is 15.7. The fourth-order valence-corrected chi connectivity index (χ4v) is 8.32. The predicted molar refractivity (Wildman–Crippen MR) is 243 cm³/mol. The molecule has 324 valence electrons. The third-order valence-electron chi connectivity index (χ3n) is 11.8. The minimum Gasteiger partial charge on any atom is -0.497 e. The lowest BCUT2D eigenvalue weighted by Crippen LogP contribution is -2.58. The maximum absolute atomic E-state index is 15.0. The van der Waals surface area contributed by atoms with Crippen molar-refractivity contribution in [2.24, 2.45) is 11.7 Å². The SMILES string of the molecule is CCC(C[C@H](NNC(=O)COc1ccccc1)C(=O)NC(c1ccccc1)c1ccc(C)cc1)C(N)(C(=O)OCc1cccc2c1Cc1ccccc1-2)c1ccc(OC)cc1OC. The third-order valence-corrected chi connectivity index (χ3v) is 11.8. The molecule has 6 aromatic carbocycles. The molecule has 0 spiro atoms. The predicted octanol–water partition coefficient (Wildman–Crippen LogP) is 7.87. The van der Waals surface area contributed by atoms with E-state index < -0.39 is 41.3 Å². The van der Waals surface area contributed by atoms with Crippen LogP contribution in [0.15, 0.2) is 146 Å². The molecule has 0 saturated heterocycles. The monoisotopic (exact) mass is 846 g/mol. The first-order valence-electron chi connectivity index (χ1n) is 21.1. The molecule has 11 nitrogen and oxygen atoms in total. The van der Waals surface area contributed by atoms with E-state index in [1.165, 1.54) is 19.8 Å². The molecule has 0 heterocycles.